The molecule has 140 valence electrons. The third-order valence-electron chi connectivity index (χ3n) is 5.02. The number of rotatable bonds is 4. The third kappa shape index (κ3) is 3.91. The monoisotopic (exact) mass is 381 g/mol. The number of likely N-dealkylation sites (N-methyl/N-ethyl adjacent to an activating group) is 1. The van der Waals surface area contributed by atoms with E-state index in [-0.39, 0.29) is 4.90 Å². The van der Waals surface area contributed by atoms with Gasteiger partial charge in [-0.1, -0.05) is 30.3 Å². The minimum absolute atomic E-state index is 0.268. The Labute approximate surface area is 160 Å². The van der Waals surface area contributed by atoms with Crippen molar-refractivity contribution in [2.75, 3.05) is 42.8 Å². The molecule has 1 aliphatic heterocycles. The fourth-order valence-electron chi connectivity index (χ4n) is 3.35. The topological polar surface area (TPSA) is 52.6 Å². The Morgan fingerprint density at radius 1 is 0.815 bits per heavy atom. The molecule has 0 aliphatic carbocycles. The van der Waals surface area contributed by atoms with Gasteiger partial charge in [-0.25, -0.2) is 8.42 Å². The van der Waals surface area contributed by atoms with E-state index in [9.17, 15) is 8.42 Å². The largest absolute Gasteiger partial charge is 0.369 e. The molecule has 3 aromatic rings. The van der Waals surface area contributed by atoms with Crippen molar-refractivity contribution in [2.45, 2.75) is 4.90 Å². The predicted molar refractivity (Wildman–Crippen MR) is 111 cm³/mol. The third-order valence-corrected chi connectivity index (χ3v) is 6.40. The van der Waals surface area contributed by atoms with Crippen molar-refractivity contribution in [3.8, 4) is 0 Å². The van der Waals surface area contributed by atoms with Crippen molar-refractivity contribution < 1.29 is 8.42 Å². The van der Waals surface area contributed by atoms with Gasteiger partial charge in [0.15, 0.2) is 0 Å². The lowest BCUT2D eigenvalue weighted by atomic mass is 10.1. The molecule has 0 spiro atoms. The first-order chi connectivity index (χ1) is 13.0. The molecule has 0 saturated carbocycles. The number of benzene rings is 3. The lowest BCUT2D eigenvalue weighted by Crippen LogP contribution is -2.44. The molecular formula is C21H23N3O2S. The SMILES string of the molecule is CN1CCN(c2ccc(NS(=O)(=O)c3ccc4ccccc4c3)cc2)CC1. The number of piperazine rings is 1. The summed E-state index contributed by atoms with van der Waals surface area (Å²) in [7, 11) is -1.49. The van der Waals surface area contributed by atoms with Crippen LogP contribution < -0.4 is 9.62 Å². The zero-order valence-electron chi connectivity index (χ0n) is 15.3. The Balaban J connectivity index is 1.51. The van der Waals surface area contributed by atoms with Gasteiger partial charge in [0, 0.05) is 37.6 Å². The fraction of sp³-hybridized carbons (Fsp3) is 0.238. The van der Waals surface area contributed by atoms with Crippen molar-refractivity contribution >= 4 is 32.2 Å². The van der Waals surface area contributed by atoms with Crippen molar-refractivity contribution in [3.05, 3.63) is 66.7 Å². The maximum Gasteiger partial charge on any atom is 0.261 e. The Kier molecular flexibility index (Phi) is 4.76. The zero-order valence-corrected chi connectivity index (χ0v) is 16.1. The summed E-state index contributed by atoms with van der Waals surface area (Å²) in [5, 5.41) is 1.93. The lowest BCUT2D eigenvalue weighted by Gasteiger charge is -2.34. The van der Waals surface area contributed by atoms with E-state index in [1.807, 2.05) is 54.6 Å². The van der Waals surface area contributed by atoms with E-state index in [0.29, 0.717) is 5.69 Å². The lowest BCUT2D eigenvalue weighted by molar-refractivity contribution is 0.313. The number of fused-ring (bicyclic) bond motifs is 1. The van der Waals surface area contributed by atoms with Crippen LogP contribution in [0.1, 0.15) is 0 Å². The summed E-state index contributed by atoms with van der Waals surface area (Å²) in [6.07, 6.45) is 0. The van der Waals surface area contributed by atoms with Crippen LogP contribution in [0.15, 0.2) is 71.6 Å². The summed E-state index contributed by atoms with van der Waals surface area (Å²) < 4.78 is 28.2. The summed E-state index contributed by atoms with van der Waals surface area (Å²) in [5.74, 6) is 0. The molecule has 0 radical (unpaired) electrons. The molecular weight excluding hydrogens is 358 g/mol. The van der Waals surface area contributed by atoms with Gasteiger partial charge in [-0.05, 0) is 54.2 Å². The zero-order chi connectivity index (χ0) is 18.9. The molecule has 5 nitrogen and oxygen atoms in total. The summed E-state index contributed by atoms with van der Waals surface area (Å²) in [5.41, 5.74) is 1.69. The van der Waals surface area contributed by atoms with E-state index in [4.69, 9.17) is 0 Å². The van der Waals surface area contributed by atoms with Gasteiger partial charge in [0.05, 0.1) is 4.90 Å². The molecule has 6 heteroatoms. The van der Waals surface area contributed by atoms with Gasteiger partial charge in [-0.2, -0.15) is 0 Å². The van der Waals surface area contributed by atoms with E-state index >= 15 is 0 Å². The maximum absolute atomic E-state index is 12.7. The molecule has 1 fully saturated rings. The minimum Gasteiger partial charge on any atom is -0.369 e. The van der Waals surface area contributed by atoms with Crippen molar-refractivity contribution in [2.24, 2.45) is 0 Å². The van der Waals surface area contributed by atoms with Gasteiger partial charge in [0.25, 0.3) is 10.0 Å². The second-order valence-electron chi connectivity index (χ2n) is 6.95. The quantitative estimate of drug-likeness (QED) is 0.753. The average Bonchev–Trinajstić information content (AvgIpc) is 2.68. The van der Waals surface area contributed by atoms with Crippen LogP contribution in [0.4, 0.5) is 11.4 Å². The van der Waals surface area contributed by atoms with Gasteiger partial charge in [-0.15, -0.1) is 0 Å². The van der Waals surface area contributed by atoms with Crippen LogP contribution in [-0.4, -0.2) is 46.5 Å². The Hall–Kier alpha value is -2.57. The molecule has 0 aromatic heterocycles. The van der Waals surface area contributed by atoms with E-state index in [2.05, 4.69) is 21.6 Å². The molecule has 0 atom stereocenters. The van der Waals surface area contributed by atoms with E-state index < -0.39 is 10.0 Å². The molecule has 27 heavy (non-hydrogen) atoms. The molecule has 0 amide bonds. The number of nitrogens with zero attached hydrogens (tertiary/aromatic N) is 2. The first kappa shape index (κ1) is 17.8. The smallest absolute Gasteiger partial charge is 0.261 e. The fourth-order valence-corrected chi connectivity index (χ4v) is 4.45. The predicted octanol–water partition coefficient (Wildman–Crippen LogP) is 3.39. The van der Waals surface area contributed by atoms with Gasteiger partial charge in [-0.3, -0.25) is 4.72 Å². The summed E-state index contributed by atoms with van der Waals surface area (Å²) in [6, 6.07) is 20.5. The van der Waals surface area contributed by atoms with E-state index in [0.717, 1.165) is 42.6 Å². The van der Waals surface area contributed by atoms with Crippen molar-refractivity contribution in [3.63, 3.8) is 0 Å². The average molecular weight is 382 g/mol. The molecule has 4 rings (SSSR count). The second kappa shape index (κ2) is 7.21. The highest BCUT2D eigenvalue weighted by Crippen LogP contribution is 2.23. The molecule has 0 bridgehead atoms. The summed E-state index contributed by atoms with van der Waals surface area (Å²) in [4.78, 5) is 4.90. The van der Waals surface area contributed by atoms with Gasteiger partial charge >= 0.3 is 0 Å². The molecule has 1 N–H and O–H groups in total. The van der Waals surface area contributed by atoms with Crippen LogP contribution in [0.25, 0.3) is 10.8 Å². The Bertz CT molecular complexity index is 1040. The molecule has 1 saturated heterocycles. The molecule has 1 aliphatic rings. The number of anilines is 2. The highest BCUT2D eigenvalue weighted by atomic mass is 32.2. The first-order valence-corrected chi connectivity index (χ1v) is 10.5. The van der Waals surface area contributed by atoms with Crippen LogP contribution in [-0.2, 0) is 10.0 Å². The van der Waals surface area contributed by atoms with Crippen LogP contribution in [0.5, 0.6) is 0 Å². The van der Waals surface area contributed by atoms with Crippen LogP contribution in [0, 0.1) is 0 Å². The van der Waals surface area contributed by atoms with E-state index in [1.165, 1.54) is 0 Å². The summed E-state index contributed by atoms with van der Waals surface area (Å²) >= 11 is 0. The highest BCUT2D eigenvalue weighted by Gasteiger charge is 2.16. The van der Waals surface area contributed by atoms with Gasteiger partial charge in [0.2, 0.25) is 0 Å². The number of nitrogens with one attached hydrogen (secondary N) is 1. The first-order valence-electron chi connectivity index (χ1n) is 9.06. The standard InChI is InChI=1S/C21H23N3O2S/c1-23-12-14-24(15-13-23)20-9-7-19(8-10-20)22-27(25,26)21-11-6-17-4-2-3-5-18(17)16-21/h2-11,16,22H,12-15H2,1H3. The second-order valence-corrected chi connectivity index (χ2v) is 8.63. The Morgan fingerprint density at radius 3 is 2.19 bits per heavy atom. The van der Waals surface area contributed by atoms with E-state index in [1.54, 1.807) is 12.1 Å². The van der Waals surface area contributed by atoms with Gasteiger partial charge in [0.1, 0.15) is 0 Å². The molecule has 0 unspecified atom stereocenters. The normalized spacial score (nSPS) is 15.8. The maximum atomic E-state index is 12.7. The highest BCUT2D eigenvalue weighted by molar-refractivity contribution is 7.92. The minimum atomic E-state index is -3.62. The molecule has 1 heterocycles. The number of hydrogen-bond donors (Lipinski definition) is 1. The number of sulfonamides is 1. The Morgan fingerprint density at radius 2 is 1.48 bits per heavy atom. The summed E-state index contributed by atoms with van der Waals surface area (Å²) in [6.45, 7) is 4.05. The van der Waals surface area contributed by atoms with Crippen molar-refractivity contribution in [1.82, 2.24) is 4.90 Å². The van der Waals surface area contributed by atoms with Crippen LogP contribution >= 0.6 is 0 Å². The van der Waals surface area contributed by atoms with Crippen LogP contribution in [0.2, 0.25) is 0 Å². The van der Waals surface area contributed by atoms with Crippen molar-refractivity contribution in [1.29, 1.82) is 0 Å². The van der Waals surface area contributed by atoms with Crippen LogP contribution in [0.3, 0.4) is 0 Å². The van der Waals surface area contributed by atoms with Gasteiger partial charge < -0.3 is 9.80 Å². The molecule has 3 aromatic carbocycles. The number of hydrogen-bond acceptors (Lipinski definition) is 4.